The van der Waals surface area contributed by atoms with Crippen molar-refractivity contribution in [2.45, 2.75) is 32.7 Å². The maximum absolute atomic E-state index is 12.1. The van der Waals surface area contributed by atoms with Gasteiger partial charge in [-0.15, -0.1) is 0 Å². The molecular weight excluding hydrogens is 302 g/mol. The van der Waals surface area contributed by atoms with Crippen LogP contribution in [0.4, 0.5) is 16.3 Å². The van der Waals surface area contributed by atoms with Crippen LogP contribution in [-0.4, -0.2) is 29.1 Å². The topological polar surface area (TPSA) is 70.2 Å². The lowest BCUT2D eigenvalue weighted by Crippen LogP contribution is -2.29. The number of amides is 2. The summed E-state index contributed by atoms with van der Waals surface area (Å²) in [4.78, 5) is 23.1. The standard InChI is InChI=1S/C18H23N5O/c1-2-14-7-3-4-8-15(14)21-18(24)20-13-16-19-10-9-17(22-16)23-11-5-6-12-23/h3-4,7-10H,2,5-6,11-13H2,1H3,(H2,20,21,24). The van der Waals surface area contributed by atoms with Crippen molar-refractivity contribution in [3.05, 3.63) is 47.9 Å². The first-order valence-corrected chi connectivity index (χ1v) is 8.46. The number of rotatable bonds is 5. The second-order valence-corrected chi connectivity index (χ2v) is 5.84. The highest BCUT2D eigenvalue weighted by Gasteiger charge is 2.14. The number of para-hydroxylation sites is 1. The monoisotopic (exact) mass is 325 g/mol. The van der Waals surface area contributed by atoms with Crippen molar-refractivity contribution in [2.24, 2.45) is 0 Å². The molecule has 0 saturated carbocycles. The number of nitrogens with one attached hydrogen (secondary N) is 2. The van der Waals surface area contributed by atoms with E-state index in [4.69, 9.17) is 0 Å². The lowest BCUT2D eigenvalue weighted by Gasteiger charge is -2.16. The Balaban J connectivity index is 1.57. The van der Waals surface area contributed by atoms with E-state index in [1.54, 1.807) is 6.20 Å². The van der Waals surface area contributed by atoms with Gasteiger partial charge >= 0.3 is 6.03 Å². The molecule has 1 aliphatic heterocycles. The summed E-state index contributed by atoms with van der Waals surface area (Å²) < 4.78 is 0. The second-order valence-electron chi connectivity index (χ2n) is 5.84. The number of anilines is 2. The molecule has 0 atom stereocenters. The smallest absolute Gasteiger partial charge is 0.319 e. The number of aromatic nitrogens is 2. The molecule has 2 heterocycles. The molecule has 0 aliphatic carbocycles. The Hall–Kier alpha value is -2.63. The maximum atomic E-state index is 12.1. The normalized spacial score (nSPS) is 13.8. The average Bonchev–Trinajstić information content (AvgIpc) is 3.15. The fourth-order valence-electron chi connectivity index (χ4n) is 2.87. The van der Waals surface area contributed by atoms with Gasteiger partial charge in [0.2, 0.25) is 0 Å². The van der Waals surface area contributed by atoms with Crippen LogP contribution in [0, 0.1) is 0 Å². The molecular formula is C18H23N5O. The molecule has 0 radical (unpaired) electrons. The number of aryl methyl sites for hydroxylation is 1. The molecule has 1 aliphatic rings. The maximum Gasteiger partial charge on any atom is 0.319 e. The molecule has 0 unspecified atom stereocenters. The summed E-state index contributed by atoms with van der Waals surface area (Å²) in [6.45, 7) is 4.45. The highest BCUT2D eigenvalue weighted by molar-refractivity contribution is 5.90. The van der Waals surface area contributed by atoms with E-state index in [0.717, 1.165) is 36.6 Å². The van der Waals surface area contributed by atoms with Crippen LogP contribution >= 0.6 is 0 Å². The minimum Gasteiger partial charge on any atom is -0.357 e. The quantitative estimate of drug-likeness (QED) is 0.887. The van der Waals surface area contributed by atoms with Crippen LogP contribution in [0.1, 0.15) is 31.2 Å². The number of carbonyl (C=O) groups excluding carboxylic acids is 1. The number of hydrogen-bond donors (Lipinski definition) is 2. The van der Waals surface area contributed by atoms with E-state index >= 15 is 0 Å². The molecule has 6 heteroatoms. The molecule has 6 nitrogen and oxygen atoms in total. The van der Waals surface area contributed by atoms with Crippen molar-refractivity contribution in [3.63, 3.8) is 0 Å². The summed E-state index contributed by atoms with van der Waals surface area (Å²) in [5, 5.41) is 5.71. The van der Waals surface area contributed by atoms with E-state index in [9.17, 15) is 4.79 Å². The van der Waals surface area contributed by atoms with Crippen molar-refractivity contribution < 1.29 is 4.79 Å². The Kier molecular flexibility index (Phi) is 5.25. The molecule has 1 saturated heterocycles. The lowest BCUT2D eigenvalue weighted by atomic mass is 10.1. The van der Waals surface area contributed by atoms with Crippen LogP contribution < -0.4 is 15.5 Å². The van der Waals surface area contributed by atoms with Crippen molar-refractivity contribution in [2.75, 3.05) is 23.3 Å². The molecule has 126 valence electrons. The highest BCUT2D eigenvalue weighted by Crippen LogP contribution is 2.17. The molecule has 0 bridgehead atoms. The van der Waals surface area contributed by atoms with Crippen LogP contribution in [0.25, 0.3) is 0 Å². The summed E-state index contributed by atoms with van der Waals surface area (Å²) >= 11 is 0. The van der Waals surface area contributed by atoms with Crippen LogP contribution in [0.2, 0.25) is 0 Å². The molecule has 2 N–H and O–H groups in total. The van der Waals surface area contributed by atoms with E-state index in [1.165, 1.54) is 12.8 Å². The molecule has 0 spiro atoms. The van der Waals surface area contributed by atoms with Crippen molar-refractivity contribution in [1.82, 2.24) is 15.3 Å². The summed E-state index contributed by atoms with van der Waals surface area (Å²) in [6, 6.07) is 9.48. The number of benzene rings is 1. The van der Waals surface area contributed by atoms with Gasteiger partial charge in [-0.25, -0.2) is 14.8 Å². The van der Waals surface area contributed by atoms with Gasteiger partial charge in [-0.3, -0.25) is 0 Å². The van der Waals surface area contributed by atoms with Crippen molar-refractivity contribution in [1.29, 1.82) is 0 Å². The summed E-state index contributed by atoms with van der Waals surface area (Å²) in [6.07, 6.45) is 5.03. The first-order chi connectivity index (χ1) is 11.8. The number of carbonyl (C=O) groups is 1. The first-order valence-electron chi connectivity index (χ1n) is 8.46. The van der Waals surface area contributed by atoms with Gasteiger partial charge in [0.05, 0.1) is 6.54 Å². The summed E-state index contributed by atoms with van der Waals surface area (Å²) in [5.74, 6) is 1.56. The van der Waals surface area contributed by atoms with Gasteiger partial charge in [-0.05, 0) is 37.0 Å². The number of urea groups is 1. The van der Waals surface area contributed by atoms with E-state index in [-0.39, 0.29) is 6.03 Å². The average molecular weight is 325 g/mol. The summed E-state index contributed by atoms with van der Waals surface area (Å²) in [7, 11) is 0. The van der Waals surface area contributed by atoms with Crippen molar-refractivity contribution >= 4 is 17.5 Å². The van der Waals surface area contributed by atoms with Crippen LogP contribution in [0.5, 0.6) is 0 Å². The Morgan fingerprint density at radius 1 is 1.21 bits per heavy atom. The molecule has 1 fully saturated rings. The van der Waals surface area contributed by atoms with Crippen LogP contribution in [-0.2, 0) is 13.0 Å². The Bertz CT molecular complexity index is 697. The zero-order valence-corrected chi connectivity index (χ0v) is 14.0. The minimum atomic E-state index is -0.244. The van der Waals surface area contributed by atoms with Gasteiger partial charge in [-0.2, -0.15) is 0 Å². The SMILES string of the molecule is CCc1ccccc1NC(=O)NCc1nccc(N2CCCC2)n1. The van der Waals surface area contributed by atoms with Gasteiger partial charge in [0.25, 0.3) is 0 Å². The third-order valence-corrected chi connectivity index (χ3v) is 4.17. The number of hydrogen-bond acceptors (Lipinski definition) is 4. The van der Waals surface area contributed by atoms with Gasteiger partial charge in [0.15, 0.2) is 0 Å². The third-order valence-electron chi connectivity index (χ3n) is 4.17. The second kappa shape index (κ2) is 7.77. The van der Waals surface area contributed by atoms with Crippen molar-refractivity contribution in [3.8, 4) is 0 Å². The molecule has 3 rings (SSSR count). The predicted octanol–water partition coefficient (Wildman–Crippen LogP) is 2.96. The molecule has 1 aromatic carbocycles. The van der Waals surface area contributed by atoms with Crippen LogP contribution in [0.15, 0.2) is 36.5 Å². The van der Waals surface area contributed by atoms with Crippen LogP contribution in [0.3, 0.4) is 0 Å². The molecule has 24 heavy (non-hydrogen) atoms. The summed E-state index contributed by atoms with van der Waals surface area (Å²) in [5.41, 5.74) is 1.95. The fourth-order valence-corrected chi connectivity index (χ4v) is 2.87. The molecule has 2 amide bonds. The first kappa shape index (κ1) is 16.2. The Morgan fingerprint density at radius 3 is 2.79 bits per heavy atom. The predicted molar refractivity (Wildman–Crippen MR) is 95.2 cm³/mol. The largest absolute Gasteiger partial charge is 0.357 e. The fraction of sp³-hybridized carbons (Fsp3) is 0.389. The lowest BCUT2D eigenvalue weighted by molar-refractivity contribution is 0.251. The third kappa shape index (κ3) is 4.01. The minimum absolute atomic E-state index is 0.244. The van der Waals surface area contributed by atoms with Gasteiger partial charge in [0.1, 0.15) is 11.6 Å². The van der Waals surface area contributed by atoms with E-state index < -0.39 is 0 Å². The van der Waals surface area contributed by atoms with Gasteiger partial charge < -0.3 is 15.5 Å². The molecule has 2 aromatic rings. The van der Waals surface area contributed by atoms with Gasteiger partial charge in [0, 0.05) is 25.0 Å². The van der Waals surface area contributed by atoms with E-state index in [2.05, 4.69) is 32.4 Å². The highest BCUT2D eigenvalue weighted by atomic mass is 16.2. The Morgan fingerprint density at radius 2 is 2.00 bits per heavy atom. The van der Waals surface area contributed by atoms with E-state index in [0.29, 0.717) is 12.4 Å². The van der Waals surface area contributed by atoms with Gasteiger partial charge in [-0.1, -0.05) is 25.1 Å². The van der Waals surface area contributed by atoms with E-state index in [1.807, 2.05) is 30.3 Å². The number of nitrogens with zero attached hydrogens (tertiary/aromatic N) is 3. The zero-order valence-electron chi connectivity index (χ0n) is 14.0. The molecule has 1 aromatic heterocycles. The zero-order chi connectivity index (χ0) is 16.8. The Labute approximate surface area is 142 Å².